The minimum absolute atomic E-state index is 0.0901. The third kappa shape index (κ3) is 3.25. The van der Waals surface area contributed by atoms with Gasteiger partial charge < -0.3 is 15.4 Å². The van der Waals surface area contributed by atoms with Gasteiger partial charge in [0.15, 0.2) is 4.96 Å². The van der Waals surface area contributed by atoms with Crippen LogP contribution in [0.25, 0.3) is 16.2 Å². The zero-order chi connectivity index (χ0) is 18.0. The number of imidazole rings is 1. The SMILES string of the molecule is CNC(=O)c1sc2nc(-c3ccc(C)cc3)c(NCCOC)n2c1C. The Morgan fingerprint density at radius 2 is 2.00 bits per heavy atom. The van der Waals surface area contributed by atoms with Crippen molar-refractivity contribution in [1.82, 2.24) is 14.7 Å². The first kappa shape index (κ1) is 17.4. The molecule has 0 unspecified atom stereocenters. The molecule has 1 amide bonds. The molecule has 0 aliphatic heterocycles. The average Bonchev–Trinajstić information content (AvgIpc) is 3.13. The highest BCUT2D eigenvalue weighted by Gasteiger charge is 2.22. The van der Waals surface area contributed by atoms with E-state index in [0.29, 0.717) is 18.0 Å². The Hall–Kier alpha value is -2.38. The number of carbonyl (C=O) groups excluding carboxylic acids is 1. The van der Waals surface area contributed by atoms with Crippen LogP contribution < -0.4 is 10.6 Å². The van der Waals surface area contributed by atoms with Gasteiger partial charge in [0.05, 0.1) is 6.61 Å². The molecule has 0 atom stereocenters. The van der Waals surface area contributed by atoms with Crippen LogP contribution >= 0.6 is 11.3 Å². The first-order chi connectivity index (χ1) is 12.1. The molecule has 3 rings (SSSR count). The van der Waals surface area contributed by atoms with E-state index >= 15 is 0 Å². The fourth-order valence-electron chi connectivity index (χ4n) is 2.72. The van der Waals surface area contributed by atoms with Crippen LogP contribution in [0, 0.1) is 13.8 Å². The van der Waals surface area contributed by atoms with Gasteiger partial charge >= 0.3 is 0 Å². The summed E-state index contributed by atoms with van der Waals surface area (Å²) >= 11 is 1.40. The van der Waals surface area contributed by atoms with E-state index in [-0.39, 0.29) is 5.91 Å². The molecular weight excluding hydrogens is 336 g/mol. The molecule has 6 nitrogen and oxygen atoms in total. The molecule has 2 heterocycles. The Bertz CT molecular complexity index is 896. The molecule has 0 saturated heterocycles. The van der Waals surface area contributed by atoms with Crippen LogP contribution in [0.15, 0.2) is 24.3 Å². The number of hydrogen-bond donors (Lipinski definition) is 2. The summed E-state index contributed by atoms with van der Waals surface area (Å²) in [6.45, 7) is 5.25. The van der Waals surface area contributed by atoms with Gasteiger partial charge in [-0.1, -0.05) is 41.2 Å². The van der Waals surface area contributed by atoms with Crippen LogP contribution in [0.2, 0.25) is 0 Å². The van der Waals surface area contributed by atoms with Crippen molar-refractivity contribution in [2.75, 3.05) is 32.6 Å². The quantitative estimate of drug-likeness (QED) is 0.665. The van der Waals surface area contributed by atoms with E-state index in [4.69, 9.17) is 9.72 Å². The predicted octanol–water partition coefficient (Wildman–Crippen LogP) is 3.10. The Labute approximate surface area is 150 Å². The zero-order valence-electron chi connectivity index (χ0n) is 14.8. The fourth-order valence-corrected chi connectivity index (χ4v) is 3.79. The molecule has 3 aromatic rings. The molecule has 0 aliphatic rings. The summed E-state index contributed by atoms with van der Waals surface area (Å²) in [5.74, 6) is 0.799. The number of amides is 1. The highest BCUT2D eigenvalue weighted by molar-refractivity contribution is 7.19. The highest BCUT2D eigenvalue weighted by Crippen LogP contribution is 2.34. The number of aryl methyl sites for hydroxylation is 2. The summed E-state index contributed by atoms with van der Waals surface area (Å²) in [4.78, 5) is 18.3. The number of nitrogens with zero attached hydrogens (tertiary/aromatic N) is 2. The number of carbonyl (C=O) groups is 1. The number of aromatic nitrogens is 2. The lowest BCUT2D eigenvalue weighted by Gasteiger charge is -2.09. The molecule has 0 saturated carbocycles. The third-order valence-electron chi connectivity index (χ3n) is 4.06. The normalized spacial score (nSPS) is 11.0. The Kier molecular flexibility index (Phi) is 5.06. The number of fused-ring (bicyclic) bond motifs is 1. The Balaban J connectivity index is 2.14. The minimum Gasteiger partial charge on any atom is -0.383 e. The molecule has 7 heteroatoms. The number of rotatable bonds is 6. The summed E-state index contributed by atoms with van der Waals surface area (Å²) < 4.78 is 7.16. The predicted molar refractivity (Wildman–Crippen MR) is 102 cm³/mol. The molecule has 2 aromatic heterocycles. The van der Waals surface area contributed by atoms with Crippen LogP contribution in [0.1, 0.15) is 20.9 Å². The van der Waals surface area contributed by atoms with E-state index < -0.39 is 0 Å². The molecule has 2 N–H and O–H groups in total. The van der Waals surface area contributed by atoms with Crippen molar-refractivity contribution in [3.63, 3.8) is 0 Å². The third-order valence-corrected chi connectivity index (χ3v) is 5.20. The van der Waals surface area contributed by atoms with E-state index in [2.05, 4.69) is 41.8 Å². The molecule has 1 aromatic carbocycles. The lowest BCUT2D eigenvalue weighted by molar-refractivity contribution is 0.0966. The first-order valence-electron chi connectivity index (χ1n) is 8.10. The average molecular weight is 358 g/mol. The van der Waals surface area contributed by atoms with E-state index in [9.17, 15) is 4.79 Å². The van der Waals surface area contributed by atoms with Gasteiger partial charge in [0, 0.05) is 32.0 Å². The number of ether oxygens (including phenoxy) is 1. The van der Waals surface area contributed by atoms with Crippen molar-refractivity contribution >= 4 is 28.0 Å². The first-order valence-corrected chi connectivity index (χ1v) is 8.92. The van der Waals surface area contributed by atoms with Crippen LogP contribution in [0.3, 0.4) is 0 Å². The molecular formula is C18H22N4O2S. The van der Waals surface area contributed by atoms with Crippen LogP contribution in [0.4, 0.5) is 5.82 Å². The second-order valence-corrected chi connectivity index (χ2v) is 6.79. The molecule has 0 radical (unpaired) electrons. The number of nitrogens with one attached hydrogen (secondary N) is 2. The summed E-state index contributed by atoms with van der Waals surface area (Å²) in [7, 11) is 3.31. The summed E-state index contributed by atoms with van der Waals surface area (Å²) in [6.07, 6.45) is 0. The molecule has 0 spiro atoms. The van der Waals surface area contributed by atoms with Crippen LogP contribution in [0.5, 0.6) is 0 Å². The molecule has 25 heavy (non-hydrogen) atoms. The number of methoxy groups -OCH3 is 1. The second-order valence-electron chi connectivity index (χ2n) is 5.81. The number of anilines is 1. The molecule has 0 fully saturated rings. The van der Waals surface area contributed by atoms with Crippen molar-refractivity contribution in [1.29, 1.82) is 0 Å². The number of hydrogen-bond acceptors (Lipinski definition) is 5. The monoisotopic (exact) mass is 358 g/mol. The van der Waals surface area contributed by atoms with Gasteiger partial charge in [-0.15, -0.1) is 0 Å². The number of benzene rings is 1. The second kappa shape index (κ2) is 7.25. The summed E-state index contributed by atoms with van der Waals surface area (Å²) in [5.41, 5.74) is 4.01. The summed E-state index contributed by atoms with van der Waals surface area (Å²) in [5, 5.41) is 6.10. The molecule has 0 bridgehead atoms. The van der Waals surface area contributed by atoms with E-state index in [1.165, 1.54) is 16.9 Å². The van der Waals surface area contributed by atoms with Gasteiger partial charge in [0.2, 0.25) is 0 Å². The van der Waals surface area contributed by atoms with Crippen molar-refractivity contribution in [3.8, 4) is 11.3 Å². The molecule has 132 valence electrons. The maximum atomic E-state index is 12.1. The Morgan fingerprint density at radius 3 is 2.64 bits per heavy atom. The zero-order valence-corrected chi connectivity index (χ0v) is 15.7. The van der Waals surface area contributed by atoms with Crippen molar-refractivity contribution < 1.29 is 9.53 Å². The number of thiazole rings is 1. The van der Waals surface area contributed by atoms with Crippen molar-refractivity contribution in [3.05, 3.63) is 40.4 Å². The maximum Gasteiger partial charge on any atom is 0.263 e. The van der Waals surface area contributed by atoms with Gasteiger partial charge in [-0.3, -0.25) is 9.20 Å². The summed E-state index contributed by atoms with van der Waals surface area (Å²) in [6, 6.07) is 8.28. The van der Waals surface area contributed by atoms with E-state index in [0.717, 1.165) is 27.7 Å². The van der Waals surface area contributed by atoms with E-state index in [1.807, 2.05) is 11.3 Å². The topological polar surface area (TPSA) is 67.7 Å². The van der Waals surface area contributed by atoms with Gasteiger partial charge in [-0.2, -0.15) is 0 Å². The van der Waals surface area contributed by atoms with Crippen molar-refractivity contribution in [2.24, 2.45) is 0 Å². The standard InChI is InChI=1S/C18H22N4O2S/c1-11-5-7-13(8-6-11)14-16(20-9-10-24-4)22-12(2)15(17(23)19-3)25-18(22)21-14/h5-8,20H,9-10H2,1-4H3,(H,19,23). The fraction of sp³-hybridized carbons (Fsp3) is 0.333. The van der Waals surface area contributed by atoms with Gasteiger partial charge in [-0.25, -0.2) is 4.98 Å². The molecule has 0 aliphatic carbocycles. The smallest absolute Gasteiger partial charge is 0.263 e. The van der Waals surface area contributed by atoms with Gasteiger partial charge in [0.25, 0.3) is 5.91 Å². The maximum absolute atomic E-state index is 12.1. The van der Waals surface area contributed by atoms with Gasteiger partial charge in [0.1, 0.15) is 16.4 Å². The van der Waals surface area contributed by atoms with Crippen molar-refractivity contribution in [2.45, 2.75) is 13.8 Å². The van der Waals surface area contributed by atoms with Crippen LogP contribution in [-0.4, -0.2) is 42.6 Å². The Morgan fingerprint density at radius 1 is 1.28 bits per heavy atom. The van der Waals surface area contributed by atoms with E-state index in [1.54, 1.807) is 14.2 Å². The largest absolute Gasteiger partial charge is 0.383 e. The van der Waals surface area contributed by atoms with Crippen LogP contribution in [-0.2, 0) is 4.74 Å². The highest BCUT2D eigenvalue weighted by atomic mass is 32.1. The van der Waals surface area contributed by atoms with Gasteiger partial charge in [-0.05, 0) is 13.8 Å². The minimum atomic E-state index is -0.0901. The lowest BCUT2D eigenvalue weighted by Crippen LogP contribution is -2.18. The lowest BCUT2D eigenvalue weighted by atomic mass is 10.1.